The molecular weight excluding hydrogens is 212 g/mol. The topological polar surface area (TPSA) is 26.3 Å². The van der Waals surface area contributed by atoms with Gasteiger partial charge in [0.1, 0.15) is 6.10 Å². The predicted molar refractivity (Wildman–Crippen MR) is 66.3 cm³/mol. The van der Waals surface area contributed by atoms with E-state index in [-0.39, 0.29) is 23.4 Å². The minimum Gasteiger partial charge on any atom is -0.461 e. The van der Waals surface area contributed by atoms with Crippen LogP contribution in [0.4, 0.5) is 0 Å². The van der Waals surface area contributed by atoms with Gasteiger partial charge in [0.05, 0.1) is 5.92 Å². The normalized spacial score (nSPS) is 48.2. The number of fused-ring (bicyclic) bond motifs is 3. The molecule has 1 aliphatic heterocycles. The van der Waals surface area contributed by atoms with Crippen molar-refractivity contribution in [1.82, 2.24) is 0 Å². The number of esters is 1. The first-order valence-corrected chi connectivity index (χ1v) is 6.59. The Kier molecular flexibility index (Phi) is 2.26. The molecule has 0 aromatic carbocycles. The minimum atomic E-state index is 0.00611. The molecule has 0 spiro atoms. The third-order valence-electron chi connectivity index (χ3n) is 5.07. The maximum Gasteiger partial charge on any atom is 0.309 e. The predicted octanol–water partition coefficient (Wildman–Crippen LogP) is 3.10. The molecule has 2 aliphatic carbocycles. The molecule has 0 aromatic rings. The second-order valence-electron chi connectivity index (χ2n) is 6.15. The van der Waals surface area contributed by atoms with Gasteiger partial charge < -0.3 is 4.74 Å². The summed E-state index contributed by atoms with van der Waals surface area (Å²) in [4.78, 5) is 11.8. The van der Waals surface area contributed by atoms with Crippen molar-refractivity contribution in [2.75, 3.05) is 0 Å². The Labute approximate surface area is 103 Å². The van der Waals surface area contributed by atoms with Crippen molar-refractivity contribution in [2.24, 2.45) is 23.2 Å². The van der Waals surface area contributed by atoms with Crippen LogP contribution in [0.2, 0.25) is 0 Å². The molecule has 5 atom stereocenters. The summed E-state index contributed by atoms with van der Waals surface area (Å²) in [6.45, 7) is 6.50. The Morgan fingerprint density at radius 2 is 2.24 bits per heavy atom. The van der Waals surface area contributed by atoms with Crippen LogP contribution in [0, 0.1) is 23.2 Å². The molecule has 92 valence electrons. The highest BCUT2D eigenvalue weighted by atomic mass is 16.6. The van der Waals surface area contributed by atoms with Crippen LogP contribution in [0.3, 0.4) is 0 Å². The number of carbonyl (C=O) groups is 1. The second-order valence-corrected chi connectivity index (χ2v) is 6.15. The summed E-state index contributed by atoms with van der Waals surface area (Å²) in [5, 5.41) is 0. The summed E-state index contributed by atoms with van der Waals surface area (Å²) >= 11 is 0. The van der Waals surface area contributed by atoms with Crippen LogP contribution in [-0.2, 0) is 9.53 Å². The fourth-order valence-electron chi connectivity index (χ4n) is 4.02. The lowest BCUT2D eigenvalue weighted by Crippen LogP contribution is -2.45. The molecule has 2 nitrogen and oxygen atoms in total. The van der Waals surface area contributed by atoms with Gasteiger partial charge in [-0.3, -0.25) is 4.79 Å². The van der Waals surface area contributed by atoms with E-state index in [0.29, 0.717) is 11.8 Å². The Morgan fingerprint density at radius 1 is 1.47 bits per heavy atom. The number of rotatable bonds is 0. The summed E-state index contributed by atoms with van der Waals surface area (Å²) in [5.74, 6) is 0.908. The van der Waals surface area contributed by atoms with Gasteiger partial charge in [-0.1, -0.05) is 37.6 Å². The standard InChI is InChI=1S/C15H20O2/c1-9-5-4-7-15(3)8-6-11-10(2)14(16)17-13(11)12(9)15/h4-5,7,10-13H,6,8H2,1-3H3/t10-,11-,12+,13-,15-/m0/s1. The molecule has 0 aromatic heterocycles. The van der Waals surface area contributed by atoms with E-state index in [1.54, 1.807) is 0 Å². The average molecular weight is 232 g/mol. The molecule has 0 N–H and O–H groups in total. The third-order valence-corrected chi connectivity index (χ3v) is 5.07. The number of hydrogen-bond acceptors (Lipinski definition) is 2. The number of carbonyl (C=O) groups excluding carboxylic acids is 1. The van der Waals surface area contributed by atoms with Gasteiger partial charge >= 0.3 is 5.97 Å². The largest absolute Gasteiger partial charge is 0.461 e. The van der Waals surface area contributed by atoms with Gasteiger partial charge in [0.25, 0.3) is 0 Å². The molecular formula is C15H20O2. The monoisotopic (exact) mass is 232 g/mol. The molecule has 1 heterocycles. The molecule has 3 aliphatic rings. The molecule has 1 saturated carbocycles. The van der Waals surface area contributed by atoms with Crippen molar-refractivity contribution in [3.63, 3.8) is 0 Å². The lowest BCUT2D eigenvalue weighted by atomic mass is 9.58. The van der Waals surface area contributed by atoms with Crippen LogP contribution in [0.15, 0.2) is 23.8 Å². The smallest absolute Gasteiger partial charge is 0.309 e. The first kappa shape index (κ1) is 11.1. The van der Waals surface area contributed by atoms with Crippen molar-refractivity contribution in [2.45, 2.75) is 39.7 Å². The van der Waals surface area contributed by atoms with Crippen molar-refractivity contribution < 1.29 is 9.53 Å². The Hall–Kier alpha value is -1.05. The zero-order valence-electron chi connectivity index (χ0n) is 10.8. The van der Waals surface area contributed by atoms with Crippen LogP contribution in [-0.4, -0.2) is 12.1 Å². The van der Waals surface area contributed by atoms with E-state index in [0.717, 1.165) is 6.42 Å². The quantitative estimate of drug-likeness (QED) is 0.600. The Bertz CT molecular complexity index is 421. The summed E-state index contributed by atoms with van der Waals surface area (Å²) in [6, 6.07) is 0. The highest BCUT2D eigenvalue weighted by molar-refractivity contribution is 5.75. The maximum atomic E-state index is 11.8. The van der Waals surface area contributed by atoms with Crippen molar-refractivity contribution in [3.8, 4) is 0 Å². The fraction of sp³-hybridized carbons (Fsp3) is 0.667. The van der Waals surface area contributed by atoms with Crippen LogP contribution >= 0.6 is 0 Å². The highest BCUT2D eigenvalue weighted by Gasteiger charge is 2.54. The van der Waals surface area contributed by atoms with Gasteiger partial charge in [0.2, 0.25) is 0 Å². The lowest BCUT2D eigenvalue weighted by Gasteiger charge is -2.47. The highest BCUT2D eigenvalue weighted by Crippen LogP contribution is 2.54. The molecule has 0 bridgehead atoms. The third kappa shape index (κ3) is 1.42. The van der Waals surface area contributed by atoms with Crippen LogP contribution in [0.5, 0.6) is 0 Å². The fourth-order valence-corrected chi connectivity index (χ4v) is 4.02. The summed E-state index contributed by atoms with van der Waals surface area (Å²) < 4.78 is 5.67. The van der Waals surface area contributed by atoms with Gasteiger partial charge in [-0.05, 0) is 25.2 Å². The average Bonchev–Trinajstić information content (AvgIpc) is 2.54. The van der Waals surface area contributed by atoms with Gasteiger partial charge in [0, 0.05) is 11.8 Å². The molecule has 0 amide bonds. The molecule has 0 radical (unpaired) electrons. The van der Waals surface area contributed by atoms with Crippen LogP contribution in [0.1, 0.15) is 33.6 Å². The van der Waals surface area contributed by atoms with Gasteiger partial charge in [-0.15, -0.1) is 0 Å². The van der Waals surface area contributed by atoms with Gasteiger partial charge in [0.15, 0.2) is 0 Å². The molecule has 17 heavy (non-hydrogen) atoms. The van der Waals surface area contributed by atoms with Crippen molar-refractivity contribution in [1.29, 1.82) is 0 Å². The van der Waals surface area contributed by atoms with E-state index in [9.17, 15) is 4.79 Å². The molecule has 1 saturated heterocycles. The first-order chi connectivity index (χ1) is 8.03. The molecule has 2 fully saturated rings. The van der Waals surface area contributed by atoms with E-state index in [1.165, 1.54) is 12.0 Å². The second kappa shape index (κ2) is 3.47. The number of hydrogen-bond donors (Lipinski definition) is 0. The van der Waals surface area contributed by atoms with E-state index < -0.39 is 0 Å². The zero-order chi connectivity index (χ0) is 12.2. The van der Waals surface area contributed by atoms with E-state index in [1.807, 2.05) is 6.92 Å². The van der Waals surface area contributed by atoms with Crippen molar-refractivity contribution in [3.05, 3.63) is 23.8 Å². The molecule has 0 unspecified atom stereocenters. The lowest BCUT2D eigenvalue weighted by molar-refractivity contribution is -0.146. The van der Waals surface area contributed by atoms with E-state index in [2.05, 4.69) is 32.1 Å². The number of ether oxygens (including phenoxy) is 1. The maximum absolute atomic E-state index is 11.8. The summed E-state index contributed by atoms with van der Waals surface area (Å²) in [6.07, 6.45) is 9.02. The number of allylic oxidation sites excluding steroid dienone is 3. The summed E-state index contributed by atoms with van der Waals surface area (Å²) in [7, 11) is 0. The molecule has 2 heteroatoms. The van der Waals surface area contributed by atoms with Crippen LogP contribution < -0.4 is 0 Å². The van der Waals surface area contributed by atoms with Gasteiger partial charge in [-0.25, -0.2) is 0 Å². The molecule has 3 rings (SSSR count). The Morgan fingerprint density at radius 3 is 3.00 bits per heavy atom. The SMILES string of the molecule is CC1=CC=C[C@@]2(C)CC[C@@H]3[C@H](OC(=O)[C@H]3C)[C@@H]12. The van der Waals surface area contributed by atoms with Crippen LogP contribution in [0.25, 0.3) is 0 Å². The van der Waals surface area contributed by atoms with E-state index >= 15 is 0 Å². The Balaban J connectivity index is 1.99. The summed E-state index contributed by atoms with van der Waals surface area (Å²) in [5.41, 5.74) is 1.55. The minimum absolute atomic E-state index is 0.00611. The van der Waals surface area contributed by atoms with E-state index in [4.69, 9.17) is 4.74 Å². The van der Waals surface area contributed by atoms with Crippen molar-refractivity contribution >= 4 is 5.97 Å². The van der Waals surface area contributed by atoms with Gasteiger partial charge in [-0.2, -0.15) is 0 Å². The zero-order valence-corrected chi connectivity index (χ0v) is 10.8. The first-order valence-electron chi connectivity index (χ1n) is 6.59.